The Hall–Kier alpha value is -3.04. The lowest BCUT2D eigenvalue weighted by Crippen LogP contribution is -2.48. The number of amides is 1. The molecule has 138 valence electrons. The van der Waals surface area contributed by atoms with E-state index in [0.29, 0.717) is 37.0 Å². The SMILES string of the molecule is CN1CCN(c2cc(NCc3ccc(OC(F)F)cn3)ncn2)CC1=O. The first kappa shape index (κ1) is 17.8. The molecule has 26 heavy (non-hydrogen) atoms. The number of nitrogens with zero attached hydrogens (tertiary/aromatic N) is 5. The predicted octanol–water partition coefficient (Wildman–Crippen LogP) is 1.36. The Morgan fingerprint density at radius 2 is 2.12 bits per heavy atom. The van der Waals surface area contributed by atoms with Crippen molar-refractivity contribution in [2.45, 2.75) is 13.2 Å². The molecule has 1 aliphatic rings. The van der Waals surface area contributed by atoms with Gasteiger partial charge in [0.2, 0.25) is 5.91 Å². The van der Waals surface area contributed by atoms with Crippen molar-refractivity contribution in [3.63, 3.8) is 0 Å². The summed E-state index contributed by atoms with van der Waals surface area (Å²) < 4.78 is 28.5. The number of rotatable bonds is 6. The van der Waals surface area contributed by atoms with Crippen molar-refractivity contribution in [2.75, 3.05) is 36.9 Å². The minimum absolute atomic E-state index is 0.00723. The highest BCUT2D eigenvalue weighted by Gasteiger charge is 2.22. The van der Waals surface area contributed by atoms with Gasteiger partial charge in [-0.15, -0.1) is 0 Å². The smallest absolute Gasteiger partial charge is 0.387 e. The second-order valence-electron chi connectivity index (χ2n) is 5.72. The summed E-state index contributed by atoms with van der Waals surface area (Å²) in [5.41, 5.74) is 0.640. The van der Waals surface area contributed by atoms with Crippen molar-refractivity contribution < 1.29 is 18.3 Å². The molecule has 0 aliphatic carbocycles. The van der Waals surface area contributed by atoms with Gasteiger partial charge in [-0.1, -0.05) is 0 Å². The average molecular weight is 364 g/mol. The zero-order chi connectivity index (χ0) is 18.5. The highest BCUT2D eigenvalue weighted by molar-refractivity contribution is 5.82. The minimum atomic E-state index is -2.87. The first-order valence-electron chi connectivity index (χ1n) is 7.96. The third-order valence-corrected chi connectivity index (χ3v) is 3.91. The highest BCUT2D eigenvalue weighted by Crippen LogP contribution is 2.17. The van der Waals surface area contributed by atoms with Crippen molar-refractivity contribution in [3.8, 4) is 5.75 Å². The maximum Gasteiger partial charge on any atom is 0.387 e. The van der Waals surface area contributed by atoms with E-state index in [2.05, 4.69) is 25.0 Å². The van der Waals surface area contributed by atoms with Gasteiger partial charge in [-0.25, -0.2) is 9.97 Å². The molecule has 1 aliphatic heterocycles. The van der Waals surface area contributed by atoms with Crippen LogP contribution in [0, 0.1) is 0 Å². The van der Waals surface area contributed by atoms with Gasteiger partial charge in [-0.05, 0) is 12.1 Å². The van der Waals surface area contributed by atoms with Crippen LogP contribution in [-0.2, 0) is 11.3 Å². The molecule has 0 aromatic carbocycles. The van der Waals surface area contributed by atoms with Gasteiger partial charge in [-0.2, -0.15) is 8.78 Å². The largest absolute Gasteiger partial charge is 0.433 e. The van der Waals surface area contributed by atoms with E-state index in [9.17, 15) is 13.6 Å². The van der Waals surface area contributed by atoms with Crippen LogP contribution >= 0.6 is 0 Å². The average Bonchev–Trinajstić information content (AvgIpc) is 2.63. The van der Waals surface area contributed by atoms with Gasteiger partial charge in [0.15, 0.2) is 0 Å². The topological polar surface area (TPSA) is 83.5 Å². The number of nitrogens with one attached hydrogen (secondary N) is 1. The van der Waals surface area contributed by atoms with Crippen LogP contribution in [0.1, 0.15) is 5.69 Å². The molecule has 0 bridgehead atoms. The molecular weight excluding hydrogens is 346 g/mol. The Kier molecular flexibility index (Phi) is 5.40. The van der Waals surface area contributed by atoms with E-state index in [1.54, 1.807) is 24.1 Å². The number of ether oxygens (including phenoxy) is 1. The second kappa shape index (κ2) is 7.89. The molecule has 10 heteroatoms. The van der Waals surface area contributed by atoms with Crippen molar-refractivity contribution in [1.82, 2.24) is 19.9 Å². The van der Waals surface area contributed by atoms with Crippen LogP contribution in [0.4, 0.5) is 20.4 Å². The summed E-state index contributed by atoms with van der Waals surface area (Å²) in [5.74, 6) is 1.29. The molecule has 0 saturated carbocycles. The number of hydrogen-bond donors (Lipinski definition) is 1. The van der Waals surface area contributed by atoms with Crippen molar-refractivity contribution in [1.29, 1.82) is 0 Å². The van der Waals surface area contributed by atoms with Gasteiger partial charge in [0, 0.05) is 26.2 Å². The molecule has 1 N–H and O–H groups in total. The zero-order valence-electron chi connectivity index (χ0n) is 14.1. The summed E-state index contributed by atoms with van der Waals surface area (Å²) in [6.07, 6.45) is 2.66. The number of likely N-dealkylation sites (N-methyl/N-ethyl adjacent to an activating group) is 1. The van der Waals surface area contributed by atoms with Crippen LogP contribution in [0.15, 0.2) is 30.7 Å². The fraction of sp³-hybridized carbons (Fsp3) is 0.375. The van der Waals surface area contributed by atoms with Crippen LogP contribution < -0.4 is 15.0 Å². The molecule has 3 heterocycles. The van der Waals surface area contributed by atoms with E-state index < -0.39 is 6.61 Å². The Morgan fingerprint density at radius 1 is 1.27 bits per heavy atom. The van der Waals surface area contributed by atoms with Crippen molar-refractivity contribution in [3.05, 3.63) is 36.4 Å². The number of carbonyl (C=O) groups is 1. The van der Waals surface area contributed by atoms with Gasteiger partial charge in [-0.3, -0.25) is 9.78 Å². The van der Waals surface area contributed by atoms with E-state index >= 15 is 0 Å². The molecule has 0 radical (unpaired) electrons. The Balaban J connectivity index is 1.59. The number of carbonyl (C=O) groups excluding carboxylic acids is 1. The molecular formula is C16H18F2N6O2. The first-order chi connectivity index (χ1) is 12.5. The van der Waals surface area contributed by atoms with Crippen LogP contribution in [0.5, 0.6) is 5.75 Å². The molecule has 2 aromatic heterocycles. The van der Waals surface area contributed by atoms with E-state index in [1.807, 2.05) is 4.90 Å². The lowest BCUT2D eigenvalue weighted by molar-refractivity contribution is -0.129. The van der Waals surface area contributed by atoms with E-state index in [0.717, 1.165) is 0 Å². The Bertz CT molecular complexity index is 759. The maximum atomic E-state index is 12.1. The number of alkyl halides is 2. The molecule has 0 atom stereocenters. The van der Waals surface area contributed by atoms with E-state index in [1.165, 1.54) is 18.6 Å². The maximum absolute atomic E-state index is 12.1. The number of piperazine rings is 1. The molecule has 1 saturated heterocycles. The summed E-state index contributed by atoms with van der Waals surface area (Å²) in [6.45, 7) is -0.900. The van der Waals surface area contributed by atoms with Crippen LogP contribution in [0.2, 0.25) is 0 Å². The van der Waals surface area contributed by atoms with Gasteiger partial charge < -0.3 is 19.9 Å². The van der Waals surface area contributed by atoms with Crippen LogP contribution in [0.25, 0.3) is 0 Å². The van der Waals surface area contributed by atoms with Crippen LogP contribution in [-0.4, -0.2) is 59.1 Å². The molecule has 2 aromatic rings. The molecule has 3 rings (SSSR count). The van der Waals surface area contributed by atoms with Crippen LogP contribution in [0.3, 0.4) is 0 Å². The van der Waals surface area contributed by atoms with E-state index in [-0.39, 0.29) is 18.2 Å². The molecule has 8 nitrogen and oxygen atoms in total. The first-order valence-corrected chi connectivity index (χ1v) is 7.96. The monoisotopic (exact) mass is 364 g/mol. The second-order valence-corrected chi connectivity index (χ2v) is 5.72. The number of hydrogen-bond acceptors (Lipinski definition) is 7. The molecule has 0 unspecified atom stereocenters. The Labute approximate surface area is 148 Å². The van der Waals surface area contributed by atoms with Crippen molar-refractivity contribution >= 4 is 17.5 Å². The Morgan fingerprint density at radius 3 is 2.81 bits per heavy atom. The molecule has 0 spiro atoms. The number of pyridine rings is 1. The summed E-state index contributed by atoms with van der Waals surface area (Å²) in [7, 11) is 1.78. The number of anilines is 2. The lowest BCUT2D eigenvalue weighted by Gasteiger charge is -2.32. The number of halogens is 2. The van der Waals surface area contributed by atoms with Crippen molar-refractivity contribution in [2.24, 2.45) is 0 Å². The van der Waals surface area contributed by atoms with Gasteiger partial charge in [0.05, 0.1) is 25.0 Å². The lowest BCUT2D eigenvalue weighted by atomic mass is 10.3. The normalized spacial score (nSPS) is 14.7. The number of aromatic nitrogens is 3. The highest BCUT2D eigenvalue weighted by atomic mass is 19.3. The fourth-order valence-electron chi connectivity index (χ4n) is 2.44. The molecule has 1 amide bonds. The van der Waals surface area contributed by atoms with Gasteiger partial charge >= 0.3 is 6.61 Å². The molecule has 1 fully saturated rings. The fourth-order valence-corrected chi connectivity index (χ4v) is 2.44. The summed E-state index contributed by atoms with van der Waals surface area (Å²) in [6, 6.07) is 4.77. The summed E-state index contributed by atoms with van der Waals surface area (Å²) >= 11 is 0. The van der Waals surface area contributed by atoms with Gasteiger partial charge in [0.1, 0.15) is 23.7 Å². The summed E-state index contributed by atoms with van der Waals surface area (Å²) in [4.78, 5) is 27.8. The summed E-state index contributed by atoms with van der Waals surface area (Å²) in [5, 5.41) is 3.10. The minimum Gasteiger partial charge on any atom is -0.433 e. The quantitative estimate of drug-likeness (QED) is 0.829. The standard InChI is InChI=1S/C16H18F2N6O2/c1-23-4-5-24(9-15(23)25)14-6-13(21-10-22-14)20-7-11-2-3-12(8-19-11)26-16(17)18/h2-3,6,8,10,16H,4-5,7,9H2,1H3,(H,20,21,22). The third kappa shape index (κ3) is 4.52. The third-order valence-electron chi connectivity index (χ3n) is 3.91. The predicted molar refractivity (Wildman–Crippen MR) is 90.1 cm³/mol. The van der Waals surface area contributed by atoms with E-state index in [4.69, 9.17) is 0 Å². The van der Waals surface area contributed by atoms with Gasteiger partial charge in [0.25, 0.3) is 0 Å². The zero-order valence-corrected chi connectivity index (χ0v) is 14.1.